The lowest BCUT2D eigenvalue weighted by atomic mass is 10.1. The maximum atomic E-state index is 11.9. The number of carbonyl (C=O) groups excluding carboxylic acids is 1. The van der Waals surface area contributed by atoms with Crippen molar-refractivity contribution in [3.05, 3.63) is 70.9 Å². The molecule has 0 N–H and O–H groups in total. The van der Waals surface area contributed by atoms with Crippen LogP contribution in [0.2, 0.25) is 0 Å². The second kappa shape index (κ2) is 9.71. The fourth-order valence-electron chi connectivity index (χ4n) is 4.57. The predicted molar refractivity (Wildman–Crippen MR) is 136 cm³/mol. The van der Waals surface area contributed by atoms with E-state index in [1.165, 1.54) is 11.3 Å². The number of imidazole rings is 1. The van der Waals surface area contributed by atoms with Crippen LogP contribution in [0.1, 0.15) is 29.5 Å². The van der Waals surface area contributed by atoms with Gasteiger partial charge < -0.3 is 9.30 Å². The van der Waals surface area contributed by atoms with Crippen LogP contribution in [0.3, 0.4) is 0 Å². The molecule has 1 aliphatic rings. The Bertz CT molecular complexity index is 1490. The number of hydrogen-bond donors (Lipinski definition) is 0. The molecule has 1 aromatic carbocycles. The van der Waals surface area contributed by atoms with Crippen LogP contribution >= 0.6 is 11.3 Å². The first kappa shape index (κ1) is 22.8. The molecule has 35 heavy (non-hydrogen) atoms. The molecule has 0 saturated carbocycles. The van der Waals surface area contributed by atoms with Crippen LogP contribution in [0.15, 0.2) is 54.7 Å². The van der Waals surface area contributed by atoms with E-state index in [-0.39, 0.29) is 5.91 Å². The number of nitriles is 2. The maximum Gasteiger partial charge on any atom is 0.219 e. The zero-order chi connectivity index (χ0) is 24.4. The number of thiophene rings is 1. The lowest BCUT2D eigenvalue weighted by Gasteiger charge is -2.21. The van der Waals surface area contributed by atoms with Gasteiger partial charge >= 0.3 is 0 Å². The zero-order valence-electron chi connectivity index (χ0n) is 19.4. The third-order valence-corrected chi connectivity index (χ3v) is 7.43. The predicted octanol–water partition coefficient (Wildman–Crippen LogP) is 4.53. The Kier molecular flexibility index (Phi) is 6.33. The molecular weight excluding hydrogens is 456 g/mol. The number of benzene rings is 1. The SMILES string of the molecule is CC(=O)N1CCCN(Cc2c(-c3cccc(C#N)c3)nc3ccc(-c4ccc(C#N)s4)cn23)CC1. The highest BCUT2D eigenvalue weighted by Gasteiger charge is 2.21. The summed E-state index contributed by atoms with van der Waals surface area (Å²) in [5.74, 6) is 0.119. The number of carbonyl (C=O) groups is 1. The van der Waals surface area contributed by atoms with Gasteiger partial charge in [-0.2, -0.15) is 10.5 Å². The Labute approximate surface area is 208 Å². The molecule has 1 fully saturated rings. The third kappa shape index (κ3) is 4.67. The van der Waals surface area contributed by atoms with E-state index in [4.69, 9.17) is 4.98 Å². The summed E-state index contributed by atoms with van der Waals surface area (Å²) in [5, 5.41) is 18.7. The lowest BCUT2D eigenvalue weighted by Crippen LogP contribution is -2.33. The Morgan fingerprint density at radius 3 is 2.69 bits per heavy atom. The quantitative estimate of drug-likeness (QED) is 0.428. The van der Waals surface area contributed by atoms with Gasteiger partial charge in [-0.3, -0.25) is 9.69 Å². The van der Waals surface area contributed by atoms with E-state index < -0.39 is 0 Å². The smallest absolute Gasteiger partial charge is 0.219 e. The molecule has 0 bridgehead atoms. The molecule has 0 unspecified atom stereocenters. The van der Waals surface area contributed by atoms with Gasteiger partial charge in [-0.25, -0.2) is 4.98 Å². The second-order valence-corrected chi connectivity index (χ2v) is 9.74. The highest BCUT2D eigenvalue weighted by molar-refractivity contribution is 7.16. The van der Waals surface area contributed by atoms with Crippen LogP contribution in [-0.2, 0) is 11.3 Å². The molecule has 3 aromatic heterocycles. The number of aromatic nitrogens is 2. The molecule has 4 aromatic rings. The molecule has 1 saturated heterocycles. The standard InChI is InChI=1S/C27H24N6OS/c1-19(34)32-11-3-10-31(12-13-32)18-24-27(21-5-2-4-20(14-21)15-28)30-26-9-6-22(17-33(24)26)25-8-7-23(16-29)35-25/h2,4-9,14,17H,3,10-13,18H2,1H3. The van der Waals surface area contributed by atoms with Gasteiger partial charge in [0.1, 0.15) is 16.6 Å². The van der Waals surface area contributed by atoms with Crippen LogP contribution in [0.4, 0.5) is 0 Å². The summed E-state index contributed by atoms with van der Waals surface area (Å²) < 4.78 is 2.13. The molecule has 1 aliphatic heterocycles. The topological polar surface area (TPSA) is 88.4 Å². The Balaban J connectivity index is 1.58. The Morgan fingerprint density at radius 2 is 1.91 bits per heavy atom. The van der Waals surface area contributed by atoms with Crippen molar-refractivity contribution in [1.29, 1.82) is 10.5 Å². The number of nitrogens with zero attached hydrogens (tertiary/aromatic N) is 6. The average molecular weight is 481 g/mol. The molecule has 174 valence electrons. The third-order valence-electron chi connectivity index (χ3n) is 6.39. The van der Waals surface area contributed by atoms with Gasteiger partial charge in [0, 0.05) is 61.8 Å². The largest absolute Gasteiger partial charge is 0.342 e. The molecule has 0 aliphatic carbocycles. The van der Waals surface area contributed by atoms with E-state index in [2.05, 4.69) is 27.6 Å². The summed E-state index contributed by atoms with van der Waals surface area (Å²) in [7, 11) is 0. The summed E-state index contributed by atoms with van der Waals surface area (Å²) in [6.45, 7) is 5.48. The van der Waals surface area contributed by atoms with E-state index in [9.17, 15) is 15.3 Å². The van der Waals surface area contributed by atoms with Crippen molar-refractivity contribution in [2.75, 3.05) is 26.2 Å². The van der Waals surface area contributed by atoms with Gasteiger partial charge in [-0.15, -0.1) is 11.3 Å². The van der Waals surface area contributed by atoms with Crippen molar-refractivity contribution in [3.8, 4) is 33.8 Å². The van der Waals surface area contributed by atoms with E-state index in [1.807, 2.05) is 47.4 Å². The number of fused-ring (bicyclic) bond motifs is 1. The highest BCUT2D eigenvalue weighted by Crippen LogP contribution is 2.31. The molecule has 0 radical (unpaired) electrons. The molecule has 5 rings (SSSR count). The van der Waals surface area contributed by atoms with Gasteiger partial charge in [0.2, 0.25) is 5.91 Å². The van der Waals surface area contributed by atoms with Crippen molar-refractivity contribution in [3.63, 3.8) is 0 Å². The summed E-state index contributed by atoms with van der Waals surface area (Å²) in [6, 6.07) is 19.8. The Hall–Kier alpha value is -3.98. The van der Waals surface area contributed by atoms with E-state index in [1.54, 1.807) is 13.0 Å². The molecule has 8 heteroatoms. The summed E-state index contributed by atoms with van der Waals surface area (Å²) in [5.41, 5.74) is 5.27. The zero-order valence-corrected chi connectivity index (χ0v) is 20.3. The minimum atomic E-state index is 0.119. The van der Waals surface area contributed by atoms with Crippen molar-refractivity contribution in [2.45, 2.75) is 19.9 Å². The Morgan fingerprint density at radius 1 is 1.03 bits per heavy atom. The lowest BCUT2D eigenvalue weighted by molar-refractivity contribution is -0.128. The second-order valence-electron chi connectivity index (χ2n) is 8.66. The van der Waals surface area contributed by atoms with Gasteiger partial charge in [0.25, 0.3) is 0 Å². The van der Waals surface area contributed by atoms with E-state index >= 15 is 0 Å². The first-order valence-corrected chi connectivity index (χ1v) is 12.4. The van der Waals surface area contributed by atoms with Crippen LogP contribution in [0.5, 0.6) is 0 Å². The first-order chi connectivity index (χ1) is 17.1. The minimum Gasteiger partial charge on any atom is -0.342 e. The molecule has 4 heterocycles. The monoisotopic (exact) mass is 480 g/mol. The van der Waals surface area contributed by atoms with Gasteiger partial charge in [-0.1, -0.05) is 12.1 Å². The highest BCUT2D eigenvalue weighted by atomic mass is 32.1. The average Bonchev–Trinajstić information content (AvgIpc) is 3.42. The minimum absolute atomic E-state index is 0.119. The van der Waals surface area contributed by atoms with Gasteiger partial charge in [0.15, 0.2) is 0 Å². The molecule has 1 amide bonds. The van der Waals surface area contributed by atoms with Crippen molar-refractivity contribution in [2.24, 2.45) is 0 Å². The number of amides is 1. The normalized spacial score (nSPS) is 14.4. The van der Waals surface area contributed by atoms with E-state index in [0.717, 1.165) is 59.1 Å². The number of hydrogen-bond acceptors (Lipinski definition) is 6. The van der Waals surface area contributed by atoms with E-state index in [0.29, 0.717) is 23.5 Å². The van der Waals surface area contributed by atoms with Gasteiger partial charge in [-0.05, 0) is 42.8 Å². The molecule has 0 atom stereocenters. The number of pyridine rings is 1. The molecule has 7 nitrogen and oxygen atoms in total. The van der Waals surface area contributed by atoms with Crippen LogP contribution in [-0.4, -0.2) is 51.3 Å². The van der Waals surface area contributed by atoms with Gasteiger partial charge in [0.05, 0.1) is 23.0 Å². The molecular formula is C27H24N6OS. The molecule has 0 spiro atoms. The van der Waals surface area contributed by atoms with Crippen molar-refractivity contribution < 1.29 is 4.79 Å². The van der Waals surface area contributed by atoms with Crippen LogP contribution in [0.25, 0.3) is 27.3 Å². The maximum absolute atomic E-state index is 11.9. The van der Waals surface area contributed by atoms with Crippen molar-refractivity contribution in [1.82, 2.24) is 19.2 Å². The van der Waals surface area contributed by atoms with Crippen LogP contribution in [0, 0.1) is 22.7 Å². The summed E-state index contributed by atoms with van der Waals surface area (Å²) in [4.78, 5) is 22.8. The summed E-state index contributed by atoms with van der Waals surface area (Å²) in [6.07, 6.45) is 3.01. The van der Waals surface area contributed by atoms with Crippen LogP contribution < -0.4 is 0 Å². The fraction of sp³-hybridized carbons (Fsp3) is 0.259. The fourth-order valence-corrected chi connectivity index (χ4v) is 5.36. The first-order valence-electron chi connectivity index (χ1n) is 11.6. The van der Waals surface area contributed by atoms with Crippen molar-refractivity contribution >= 4 is 22.9 Å². The number of rotatable bonds is 4. The summed E-state index contributed by atoms with van der Waals surface area (Å²) >= 11 is 1.47.